The van der Waals surface area contributed by atoms with Crippen LogP contribution < -0.4 is 4.90 Å². The van der Waals surface area contributed by atoms with Crippen LogP contribution in [-0.2, 0) is 11.8 Å². The Kier molecular flexibility index (Phi) is 7.06. The number of hydrogen-bond donors (Lipinski definition) is 0. The maximum absolute atomic E-state index is 2.47. The van der Waals surface area contributed by atoms with Gasteiger partial charge in [-0.1, -0.05) is 129 Å². The van der Waals surface area contributed by atoms with E-state index >= 15 is 0 Å². The molecule has 0 aliphatic heterocycles. The maximum atomic E-state index is 2.47. The Labute approximate surface area is 322 Å². The van der Waals surface area contributed by atoms with Crippen LogP contribution in [0.4, 0.5) is 17.1 Å². The number of aryl methyl sites for hydroxylation is 1. The van der Waals surface area contributed by atoms with Gasteiger partial charge in [0.15, 0.2) is 0 Å². The summed E-state index contributed by atoms with van der Waals surface area (Å²) in [6.07, 6.45) is 6.79. The van der Waals surface area contributed by atoms with Gasteiger partial charge in [-0.05, 0) is 140 Å². The van der Waals surface area contributed by atoms with E-state index in [1.54, 1.807) is 0 Å². The minimum Gasteiger partial charge on any atom is -0.310 e. The molecule has 0 bridgehead atoms. The molecule has 8 aromatic carbocycles. The van der Waals surface area contributed by atoms with Gasteiger partial charge in [0.2, 0.25) is 0 Å². The molecule has 1 heterocycles. The molecular weight excluding hydrogens is 665 g/mol. The minimum atomic E-state index is -0.0936. The quantitative estimate of drug-likeness (QED) is 0.173. The Hall–Kier alpha value is -6.64. The predicted molar refractivity (Wildman–Crippen MR) is 233 cm³/mol. The van der Waals surface area contributed by atoms with Crippen LogP contribution in [0.1, 0.15) is 42.7 Å². The van der Waals surface area contributed by atoms with Gasteiger partial charge in [0, 0.05) is 39.2 Å². The molecular formula is C53H40N2. The van der Waals surface area contributed by atoms with Crippen LogP contribution >= 0.6 is 0 Å². The fraction of sp³-hybridized carbons (Fsp3) is 0.0943. The SMILES string of the molecule is CC1(C)c2ccccc2-c2ccc(N(c3ccc(-c4ccc5ccccc5c4)cc3)c3ccc(-n4c5c(c6c7ccccc7ccc64)CCC=C5)cc3)cc21. The van der Waals surface area contributed by atoms with Gasteiger partial charge >= 0.3 is 0 Å². The van der Waals surface area contributed by atoms with Crippen molar-refractivity contribution < 1.29 is 0 Å². The summed E-state index contributed by atoms with van der Waals surface area (Å²) in [6, 6.07) is 63.0. The van der Waals surface area contributed by atoms with Gasteiger partial charge in [-0.2, -0.15) is 0 Å². The first-order valence-electron chi connectivity index (χ1n) is 19.5. The highest BCUT2D eigenvalue weighted by Crippen LogP contribution is 2.51. The molecule has 0 radical (unpaired) electrons. The van der Waals surface area contributed by atoms with E-state index in [0.29, 0.717) is 0 Å². The van der Waals surface area contributed by atoms with E-state index in [-0.39, 0.29) is 5.41 Å². The van der Waals surface area contributed by atoms with E-state index in [9.17, 15) is 0 Å². The Bertz CT molecular complexity index is 2990. The van der Waals surface area contributed by atoms with E-state index in [2.05, 4.69) is 205 Å². The first-order chi connectivity index (χ1) is 27.0. The molecule has 0 fully saturated rings. The van der Waals surface area contributed by atoms with Gasteiger partial charge in [-0.25, -0.2) is 0 Å². The molecule has 0 N–H and O–H groups in total. The smallest absolute Gasteiger partial charge is 0.0544 e. The Morgan fingerprint density at radius 3 is 2.02 bits per heavy atom. The number of fused-ring (bicyclic) bond motifs is 9. The first kappa shape index (κ1) is 31.8. The third kappa shape index (κ3) is 4.95. The number of anilines is 3. The molecule has 0 amide bonds. The van der Waals surface area contributed by atoms with Crippen molar-refractivity contribution in [2.75, 3.05) is 4.90 Å². The molecule has 11 rings (SSSR count). The highest BCUT2D eigenvalue weighted by atomic mass is 15.1. The van der Waals surface area contributed by atoms with Crippen molar-refractivity contribution in [3.8, 4) is 27.9 Å². The molecule has 1 aromatic heterocycles. The molecule has 0 spiro atoms. The number of nitrogens with zero attached hydrogens (tertiary/aromatic N) is 2. The summed E-state index contributed by atoms with van der Waals surface area (Å²) in [4.78, 5) is 2.42. The van der Waals surface area contributed by atoms with Crippen molar-refractivity contribution in [3.05, 3.63) is 198 Å². The number of aromatic nitrogens is 1. The fourth-order valence-electron chi connectivity index (χ4n) is 9.49. The van der Waals surface area contributed by atoms with Crippen LogP contribution in [0.25, 0.3) is 66.5 Å². The van der Waals surface area contributed by atoms with Crippen LogP contribution in [0.2, 0.25) is 0 Å². The molecule has 55 heavy (non-hydrogen) atoms. The molecule has 2 aliphatic rings. The Morgan fingerprint density at radius 1 is 0.527 bits per heavy atom. The number of rotatable bonds is 5. The average Bonchev–Trinajstić information content (AvgIpc) is 3.70. The van der Waals surface area contributed by atoms with Crippen molar-refractivity contribution in [3.63, 3.8) is 0 Å². The second-order valence-corrected chi connectivity index (χ2v) is 15.7. The lowest BCUT2D eigenvalue weighted by atomic mass is 9.82. The molecule has 262 valence electrons. The average molecular weight is 705 g/mol. The Morgan fingerprint density at radius 2 is 1.18 bits per heavy atom. The summed E-state index contributed by atoms with van der Waals surface area (Å²) < 4.78 is 2.47. The van der Waals surface area contributed by atoms with E-state index in [1.807, 2.05) is 0 Å². The van der Waals surface area contributed by atoms with Crippen molar-refractivity contribution in [2.45, 2.75) is 32.1 Å². The van der Waals surface area contributed by atoms with Crippen LogP contribution in [-0.4, -0.2) is 4.57 Å². The molecule has 2 aliphatic carbocycles. The molecule has 0 unspecified atom stereocenters. The summed E-state index contributed by atoms with van der Waals surface area (Å²) in [7, 11) is 0. The topological polar surface area (TPSA) is 8.17 Å². The first-order valence-corrected chi connectivity index (χ1v) is 19.5. The van der Waals surface area contributed by atoms with Gasteiger partial charge in [0.25, 0.3) is 0 Å². The van der Waals surface area contributed by atoms with Crippen molar-refractivity contribution in [1.29, 1.82) is 0 Å². The highest BCUT2D eigenvalue weighted by molar-refractivity contribution is 6.10. The molecule has 0 atom stereocenters. The normalized spacial score (nSPS) is 13.9. The van der Waals surface area contributed by atoms with Gasteiger partial charge in [-0.15, -0.1) is 0 Å². The van der Waals surface area contributed by atoms with Gasteiger partial charge in [-0.3, -0.25) is 0 Å². The monoisotopic (exact) mass is 704 g/mol. The molecule has 2 nitrogen and oxygen atoms in total. The number of hydrogen-bond acceptors (Lipinski definition) is 1. The van der Waals surface area contributed by atoms with Crippen LogP contribution in [0.15, 0.2) is 176 Å². The summed E-state index contributed by atoms with van der Waals surface area (Å²) in [5.74, 6) is 0. The molecule has 2 heteroatoms. The predicted octanol–water partition coefficient (Wildman–Crippen LogP) is 14.3. The van der Waals surface area contributed by atoms with E-state index < -0.39 is 0 Å². The third-order valence-electron chi connectivity index (χ3n) is 12.2. The van der Waals surface area contributed by atoms with Crippen LogP contribution in [0.3, 0.4) is 0 Å². The molecule has 0 saturated heterocycles. The fourth-order valence-corrected chi connectivity index (χ4v) is 9.49. The lowest BCUT2D eigenvalue weighted by Gasteiger charge is -2.28. The van der Waals surface area contributed by atoms with Crippen molar-refractivity contribution in [2.24, 2.45) is 0 Å². The van der Waals surface area contributed by atoms with E-state index in [1.165, 1.54) is 82.8 Å². The largest absolute Gasteiger partial charge is 0.310 e. The summed E-state index contributed by atoms with van der Waals surface area (Å²) in [6.45, 7) is 4.72. The zero-order valence-corrected chi connectivity index (χ0v) is 31.1. The second-order valence-electron chi connectivity index (χ2n) is 15.7. The number of allylic oxidation sites excluding steroid dienone is 1. The van der Waals surface area contributed by atoms with Crippen molar-refractivity contribution >= 4 is 55.6 Å². The highest BCUT2D eigenvalue weighted by Gasteiger charge is 2.35. The maximum Gasteiger partial charge on any atom is 0.0544 e. The standard InChI is InChI=1S/C53H40N2/c1-53(2)48-17-9-7-15-45(48)46-31-30-43(34-49(46)53)54(40-24-21-36(22-25-40)39-20-19-35-11-3-4-13-38(35)33-39)41-26-28-42(29-27-41)55-50-18-10-8-16-47(50)52-44-14-6-5-12-37(44)23-32-51(52)55/h3-7,9-15,17-34H,8,16H2,1-2H3. The molecule has 9 aromatic rings. The second kappa shape index (κ2) is 12.2. The summed E-state index contributed by atoms with van der Waals surface area (Å²) in [5.41, 5.74) is 16.4. The third-order valence-corrected chi connectivity index (χ3v) is 12.2. The summed E-state index contributed by atoms with van der Waals surface area (Å²) in [5, 5.41) is 6.53. The van der Waals surface area contributed by atoms with E-state index in [4.69, 9.17) is 0 Å². The van der Waals surface area contributed by atoms with E-state index in [0.717, 1.165) is 29.9 Å². The van der Waals surface area contributed by atoms with Crippen molar-refractivity contribution in [1.82, 2.24) is 4.57 Å². The van der Waals surface area contributed by atoms with Gasteiger partial charge in [0.1, 0.15) is 0 Å². The zero-order chi connectivity index (χ0) is 36.7. The van der Waals surface area contributed by atoms with Gasteiger partial charge in [0.05, 0.1) is 5.52 Å². The number of benzene rings is 8. The zero-order valence-electron chi connectivity index (χ0n) is 31.1. The summed E-state index contributed by atoms with van der Waals surface area (Å²) >= 11 is 0. The Balaban J connectivity index is 1.04. The minimum absolute atomic E-state index is 0.0936. The van der Waals surface area contributed by atoms with Crippen LogP contribution in [0, 0.1) is 0 Å². The lowest BCUT2D eigenvalue weighted by molar-refractivity contribution is 0.660. The van der Waals surface area contributed by atoms with Gasteiger partial charge < -0.3 is 9.47 Å². The lowest BCUT2D eigenvalue weighted by Crippen LogP contribution is -2.16. The molecule has 0 saturated carbocycles. The van der Waals surface area contributed by atoms with Crippen LogP contribution in [0.5, 0.6) is 0 Å².